The van der Waals surface area contributed by atoms with E-state index in [0.29, 0.717) is 5.82 Å². The number of hydrogen-bond acceptors (Lipinski definition) is 4. The molecule has 9 aromatic carbocycles. The number of fused-ring (bicyclic) bond motifs is 3. The SMILES string of the molecule is c1ccc(-c2nc(-c3cccc(-c4c(-c5ccccc5)c(-c5ccccc5)nc(-c5ccccc5)c4-c4ccccc4)c3)cc(-c3cccc(-c4cccc5c4sc4ccccc45)c3)n2)cc1. The average molecular weight is 872 g/mol. The van der Waals surface area contributed by atoms with E-state index < -0.39 is 0 Å². The molecule has 67 heavy (non-hydrogen) atoms. The molecule has 12 aromatic rings. The van der Waals surface area contributed by atoms with E-state index in [4.69, 9.17) is 15.0 Å². The van der Waals surface area contributed by atoms with Gasteiger partial charge in [0.15, 0.2) is 5.82 Å². The Bertz CT molecular complexity index is 3620. The van der Waals surface area contributed by atoms with Crippen molar-refractivity contribution < 1.29 is 0 Å². The molecular weight excluding hydrogens is 831 g/mol. The van der Waals surface area contributed by atoms with Crippen molar-refractivity contribution in [1.29, 1.82) is 0 Å². The zero-order valence-corrected chi connectivity index (χ0v) is 37.2. The lowest BCUT2D eigenvalue weighted by Gasteiger charge is -2.23. The zero-order valence-electron chi connectivity index (χ0n) is 36.4. The molecule has 0 atom stereocenters. The normalized spacial score (nSPS) is 11.3. The van der Waals surface area contributed by atoms with Gasteiger partial charge >= 0.3 is 0 Å². The van der Waals surface area contributed by atoms with Gasteiger partial charge in [-0.1, -0.05) is 224 Å². The molecule has 0 N–H and O–H groups in total. The summed E-state index contributed by atoms with van der Waals surface area (Å²) in [5, 5.41) is 2.58. The first-order valence-corrected chi connectivity index (χ1v) is 23.4. The molecule has 0 amide bonds. The van der Waals surface area contributed by atoms with Gasteiger partial charge in [0.25, 0.3) is 0 Å². The van der Waals surface area contributed by atoms with E-state index in [1.165, 1.54) is 25.7 Å². The molecule has 3 nitrogen and oxygen atoms in total. The standard InChI is InChI=1S/C63H41N3S/c1-6-21-42(22-7-1)58-57(59(43-23-8-2-9-24-43)61(45-27-12-4-13-28-45)66-60(58)44-25-10-3-11-26-44)50-34-19-33-49(40-50)55-41-54(64-63(65-55)46-29-14-5-15-30-46)48-32-18-31-47(39-48)51-36-20-37-53-52-35-16-17-38-56(52)67-62(51)53/h1-41H. The fourth-order valence-electron chi connectivity index (χ4n) is 9.37. The molecule has 0 aliphatic carbocycles. The van der Waals surface area contributed by atoms with Crippen LogP contribution >= 0.6 is 11.3 Å². The summed E-state index contributed by atoms with van der Waals surface area (Å²) in [5.74, 6) is 0.673. The Kier molecular flexibility index (Phi) is 10.4. The molecule has 0 aliphatic heterocycles. The minimum absolute atomic E-state index is 0.673. The highest BCUT2D eigenvalue weighted by atomic mass is 32.1. The largest absolute Gasteiger partial charge is 0.246 e. The van der Waals surface area contributed by atoms with Gasteiger partial charge in [0.1, 0.15) is 0 Å². The minimum atomic E-state index is 0.673. The summed E-state index contributed by atoms with van der Waals surface area (Å²) in [7, 11) is 0. The topological polar surface area (TPSA) is 38.7 Å². The van der Waals surface area contributed by atoms with E-state index in [1.54, 1.807) is 0 Å². The van der Waals surface area contributed by atoms with Gasteiger partial charge in [-0.05, 0) is 52.1 Å². The fraction of sp³-hybridized carbons (Fsp3) is 0. The van der Waals surface area contributed by atoms with Crippen LogP contribution in [0.4, 0.5) is 0 Å². The van der Waals surface area contributed by atoms with Crippen LogP contribution in [-0.4, -0.2) is 15.0 Å². The Morgan fingerprint density at radius 1 is 0.269 bits per heavy atom. The molecule has 12 rings (SSSR count). The highest BCUT2D eigenvalue weighted by molar-refractivity contribution is 7.26. The summed E-state index contributed by atoms with van der Waals surface area (Å²) < 4.78 is 2.58. The van der Waals surface area contributed by atoms with Gasteiger partial charge in [0.2, 0.25) is 0 Å². The maximum atomic E-state index is 5.66. The molecule has 0 radical (unpaired) electrons. The van der Waals surface area contributed by atoms with Crippen LogP contribution in [0.2, 0.25) is 0 Å². The molecule has 0 bridgehead atoms. The van der Waals surface area contributed by atoms with Gasteiger partial charge in [0, 0.05) is 64.7 Å². The second-order valence-corrected chi connectivity index (χ2v) is 17.7. The lowest BCUT2D eigenvalue weighted by molar-refractivity contribution is 1.18. The van der Waals surface area contributed by atoms with Crippen LogP contribution < -0.4 is 0 Å². The number of thiophene rings is 1. The van der Waals surface area contributed by atoms with Gasteiger partial charge in [0.05, 0.1) is 22.8 Å². The van der Waals surface area contributed by atoms with Crippen molar-refractivity contribution in [3.8, 4) is 101 Å². The molecular formula is C63H41N3S. The van der Waals surface area contributed by atoms with E-state index in [1.807, 2.05) is 29.5 Å². The Balaban J connectivity index is 1.09. The number of nitrogens with zero attached hydrogens (tertiary/aromatic N) is 3. The Hall–Kier alpha value is -8.57. The summed E-state index contributed by atoms with van der Waals surface area (Å²) in [4.78, 5) is 16.3. The fourth-order valence-corrected chi connectivity index (χ4v) is 10.6. The third-order valence-corrected chi connectivity index (χ3v) is 13.7. The van der Waals surface area contributed by atoms with Crippen LogP contribution in [0.3, 0.4) is 0 Å². The summed E-state index contributed by atoms with van der Waals surface area (Å²) in [6, 6.07) is 88.0. The molecule has 3 aromatic heterocycles. The van der Waals surface area contributed by atoms with Gasteiger partial charge < -0.3 is 0 Å². The summed E-state index contributed by atoms with van der Waals surface area (Å²) in [5.41, 5.74) is 17.5. The van der Waals surface area contributed by atoms with E-state index in [-0.39, 0.29) is 0 Å². The summed E-state index contributed by atoms with van der Waals surface area (Å²) in [6.45, 7) is 0. The summed E-state index contributed by atoms with van der Waals surface area (Å²) in [6.07, 6.45) is 0. The second-order valence-electron chi connectivity index (χ2n) is 16.7. The van der Waals surface area contributed by atoms with E-state index in [2.05, 4.69) is 231 Å². The van der Waals surface area contributed by atoms with Crippen molar-refractivity contribution in [2.45, 2.75) is 0 Å². The molecule has 0 unspecified atom stereocenters. The monoisotopic (exact) mass is 871 g/mol. The predicted molar refractivity (Wildman–Crippen MR) is 282 cm³/mol. The second kappa shape index (κ2) is 17.4. The third-order valence-electron chi connectivity index (χ3n) is 12.5. The van der Waals surface area contributed by atoms with Crippen molar-refractivity contribution >= 4 is 31.5 Å². The van der Waals surface area contributed by atoms with Gasteiger partial charge in [-0.3, -0.25) is 0 Å². The molecule has 0 aliphatic rings. The maximum Gasteiger partial charge on any atom is 0.160 e. The van der Waals surface area contributed by atoms with Crippen molar-refractivity contribution in [2.24, 2.45) is 0 Å². The minimum Gasteiger partial charge on any atom is -0.246 e. The maximum absolute atomic E-state index is 5.66. The summed E-state index contributed by atoms with van der Waals surface area (Å²) >= 11 is 1.85. The smallest absolute Gasteiger partial charge is 0.160 e. The van der Waals surface area contributed by atoms with Crippen molar-refractivity contribution in [3.63, 3.8) is 0 Å². The first-order chi connectivity index (χ1) is 33.2. The van der Waals surface area contributed by atoms with Gasteiger partial charge in [-0.2, -0.15) is 0 Å². The van der Waals surface area contributed by atoms with Crippen LogP contribution in [0, 0.1) is 0 Å². The lowest BCUT2D eigenvalue weighted by atomic mass is 9.83. The van der Waals surface area contributed by atoms with E-state index >= 15 is 0 Å². The average Bonchev–Trinajstić information content (AvgIpc) is 3.80. The van der Waals surface area contributed by atoms with E-state index in [0.717, 1.165) is 89.5 Å². The number of rotatable bonds is 9. The molecule has 0 saturated heterocycles. The van der Waals surface area contributed by atoms with Crippen molar-refractivity contribution in [1.82, 2.24) is 15.0 Å². The van der Waals surface area contributed by atoms with Crippen molar-refractivity contribution in [3.05, 3.63) is 249 Å². The number of aromatic nitrogens is 3. The Morgan fingerprint density at radius 2 is 0.687 bits per heavy atom. The highest BCUT2D eigenvalue weighted by Crippen LogP contribution is 2.49. The van der Waals surface area contributed by atoms with Crippen LogP contribution in [0.5, 0.6) is 0 Å². The highest BCUT2D eigenvalue weighted by Gasteiger charge is 2.26. The number of pyridine rings is 1. The Morgan fingerprint density at radius 3 is 1.25 bits per heavy atom. The zero-order chi connectivity index (χ0) is 44.5. The quantitative estimate of drug-likeness (QED) is 0.145. The van der Waals surface area contributed by atoms with Crippen LogP contribution in [-0.2, 0) is 0 Å². The van der Waals surface area contributed by atoms with E-state index in [9.17, 15) is 0 Å². The van der Waals surface area contributed by atoms with Crippen LogP contribution in [0.25, 0.3) is 121 Å². The van der Waals surface area contributed by atoms with Crippen molar-refractivity contribution in [2.75, 3.05) is 0 Å². The molecule has 314 valence electrons. The van der Waals surface area contributed by atoms with Gasteiger partial charge in [-0.15, -0.1) is 11.3 Å². The van der Waals surface area contributed by atoms with Gasteiger partial charge in [-0.25, -0.2) is 15.0 Å². The van der Waals surface area contributed by atoms with Crippen LogP contribution in [0.15, 0.2) is 249 Å². The Labute approximate surface area is 394 Å². The molecule has 3 heterocycles. The van der Waals surface area contributed by atoms with Crippen LogP contribution in [0.1, 0.15) is 0 Å². The predicted octanol–water partition coefficient (Wildman–Crippen LogP) is 17.2. The first-order valence-electron chi connectivity index (χ1n) is 22.6. The lowest BCUT2D eigenvalue weighted by Crippen LogP contribution is -2.02. The molecule has 0 fully saturated rings. The third kappa shape index (κ3) is 7.59. The molecule has 0 saturated carbocycles. The first kappa shape index (κ1) is 40.0. The number of benzene rings is 9. The molecule has 0 spiro atoms. The number of hydrogen-bond donors (Lipinski definition) is 0. The molecule has 4 heteroatoms.